The van der Waals surface area contributed by atoms with Crippen LogP contribution in [0, 0.1) is 0 Å². The number of fused-ring (bicyclic) bond motifs is 1. The van der Waals surface area contributed by atoms with E-state index >= 15 is 0 Å². The monoisotopic (exact) mass is 389 g/mol. The Balaban J connectivity index is 1.68. The smallest absolute Gasteiger partial charge is 0.281 e. The van der Waals surface area contributed by atoms with Crippen molar-refractivity contribution < 1.29 is 19.0 Å². The van der Waals surface area contributed by atoms with E-state index < -0.39 is 11.4 Å². The van der Waals surface area contributed by atoms with E-state index in [4.69, 9.17) is 4.63 Å². The van der Waals surface area contributed by atoms with E-state index in [0.29, 0.717) is 0 Å². The summed E-state index contributed by atoms with van der Waals surface area (Å²) in [7, 11) is 0. The maximum absolute atomic E-state index is 13.4. The number of aromatic nitrogens is 2. The molecule has 28 heavy (non-hydrogen) atoms. The number of hydrogen-bond acceptors (Lipinski definition) is 6. The zero-order valence-electron chi connectivity index (χ0n) is 16.2. The van der Waals surface area contributed by atoms with Crippen LogP contribution in [0.3, 0.4) is 0 Å². The Morgan fingerprint density at radius 2 is 1.89 bits per heavy atom. The SMILES string of the molecule is CC1(C(=O)NC2CCCCC2)CCC(=O)Nc2nonc2C(=O)N1C1CCC1. The van der Waals surface area contributed by atoms with Crippen molar-refractivity contribution in [1.82, 2.24) is 20.5 Å². The van der Waals surface area contributed by atoms with Crippen molar-refractivity contribution in [1.29, 1.82) is 0 Å². The van der Waals surface area contributed by atoms with E-state index in [1.165, 1.54) is 6.42 Å². The minimum Gasteiger partial charge on any atom is -0.351 e. The van der Waals surface area contributed by atoms with Crippen molar-refractivity contribution in [3.05, 3.63) is 5.69 Å². The molecule has 2 aliphatic carbocycles. The van der Waals surface area contributed by atoms with Crippen molar-refractivity contribution >= 4 is 23.5 Å². The lowest BCUT2D eigenvalue weighted by atomic mass is 9.83. The molecule has 1 aromatic heterocycles. The molecule has 1 aliphatic heterocycles. The highest BCUT2D eigenvalue weighted by molar-refractivity contribution is 6.04. The summed E-state index contributed by atoms with van der Waals surface area (Å²) in [5.41, 5.74) is -1.17. The predicted octanol–water partition coefficient (Wildman–Crippen LogP) is 2.00. The molecule has 2 heterocycles. The minimum atomic E-state index is -1.13. The molecule has 9 heteroatoms. The van der Waals surface area contributed by atoms with Gasteiger partial charge in [-0.15, -0.1) is 0 Å². The summed E-state index contributed by atoms with van der Waals surface area (Å²) < 4.78 is 4.71. The maximum atomic E-state index is 13.4. The molecule has 0 saturated heterocycles. The highest BCUT2D eigenvalue weighted by atomic mass is 16.6. The number of rotatable bonds is 3. The number of amides is 3. The Morgan fingerprint density at radius 3 is 2.57 bits per heavy atom. The lowest BCUT2D eigenvalue weighted by Crippen LogP contribution is -2.64. The standard InChI is InChI=1S/C19H27N5O4/c1-19(18(27)20-12-6-3-2-4-7-12)11-10-14(25)21-16-15(22-28-23-16)17(26)24(19)13-8-5-9-13/h12-13H,2-11H2,1H3,(H,20,27)(H,21,23,25). The van der Waals surface area contributed by atoms with Gasteiger partial charge in [-0.1, -0.05) is 19.3 Å². The number of nitrogens with zero attached hydrogens (tertiary/aromatic N) is 3. The Hall–Kier alpha value is -2.45. The van der Waals surface area contributed by atoms with Crippen molar-refractivity contribution in [3.63, 3.8) is 0 Å². The molecule has 0 aromatic carbocycles. The van der Waals surface area contributed by atoms with Crippen LogP contribution in [0.5, 0.6) is 0 Å². The first-order valence-electron chi connectivity index (χ1n) is 10.3. The summed E-state index contributed by atoms with van der Waals surface area (Å²) in [4.78, 5) is 40.8. The van der Waals surface area contributed by atoms with Crippen LogP contribution in [0.15, 0.2) is 4.63 Å². The molecule has 4 rings (SSSR count). The summed E-state index contributed by atoms with van der Waals surface area (Å²) in [6.45, 7) is 1.77. The first-order valence-corrected chi connectivity index (χ1v) is 10.3. The van der Waals surface area contributed by atoms with E-state index in [9.17, 15) is 14.4 Å². The van der Waals surface area contributed by atoms with Gasteiger partial charge in [0, 0.05) is 18.5 Å². The van der Waals surface area contributed by atoms with Gasteiger partial charge in [-0.3, -0.25) is 14.4 Å². The van der Waals surface area contributed by atoms with E-state index in [0.717, 1.165) is 44.9 Å². The normalized spacial score (nSPS) is 27.1. The van der Waals surface area contributed by atoms with E-state index in [-0.39, 0.29) is 48.3 Å². The Morgan fingerprint density at radius 1 is 1.14 bits per heavy atom. The summed E-state index contributed by atoms with van der Waals surface area (Å²) in [6.07, 6.45) is 8.34. The topological polar surface area (TPSA) is 117 Å². The molecule has 0 radical (unpaired) electrons. The maximum Gasteiger partial charge on any atom is 0.281 e. The molecule has 2 N–H and O–H groups in total. The van der Waals surface area contributed by atoms with Crippen LogP contribution in [0.1, 0.15) is 81.6 Å². The Labute approximate surface area is 163 Å². The van der Waals surface area contributed by atoms with Gasteiger partial charge in [0.05, 0.1) is 0 Å². The first kappa shape index (κ1) is 18.9. The second kappa shape index (κ2) is 7.52. The van der Waals surface area contributed by atoms with Gasteiger partial charge in [0.1, 0.15) is 5.54 Å². The van der Waals surface area contributed by atoms with Crippen LogP contribution in [-0.2, 0) is 9.59 Å². The predicted molar refractivity (Wildman–Crippen MR) is 99.4 cm³/mol. The minimum absolute atomic E-state index is 0.0243. The Bertz CT molecular complexity index is 768. The van der Waals surface area contributed by atoms with Crippen LogP contribution < -0.4 is 10.6 Å². The molecule has 0 bridgehead atoms. The zero-order chi connectivity index (χ0) is 19.7. The summed E-state index contributed by atoms with van der Waals surface area (Å²) in [5, 5.41) is 13.1. The number of nitrogens with one attached hydrogen (secondary N) is 2. The van der Waals surface area contributed by atoms with E-state index in [1.54, 1.807) is 11.8 Å². The van der Waals surface area contributed by atoms with Crippen LogP contribution in [0.2, 0.25) is 0 Å². The third-order valence-corrected chi connectivity index (χ3v) is 6.41. The molecule has 152 valence electrons. The van der Waals surface area contributed by atoms with Crippen LogP contribution in [-0.4, -0.2) is 50.6 Å². The van der Waals surface area contributed by atoms with Gasteiger partial charge < -0.3 is 15.5 Å². The molecule has 1 unspecified atom stereocenters. The molecule has 0 spiro atoms. The van der Waals surface area contributed by atoms with Crippen molar-refractivity contribution in [3.8, 4) is 0 Å². The molecular formula is C19H27N5O4. The molecule has 3 amide bonds. The third-order valence-electron chi connectivity index (χ3n) is 6.41. The van der Waals surface area contributed by atoms with Gasteiger partial charge in [0.25, 0.3) is 5.91 Å². The fourth-order valence-corrected chi connectivity index (χ4v) is 4.45. The first-order chi connectivity index (χ1) is 13.5. The quantitative estimate of drug-likeness (QED) is 0.816. The van der Waals surface area contributed by atoms with Crippen molar-refractivity contribution in [2.24, 2.45) is 0 Å². The summed E-state index contributed by atoms with van der Waals surface area (Å²) in [6, 6.07) is 0.0782. The molecule has 1 atom stereocenters. The van der Waals surface area contributed by atoms with Crippen molar-refractivity contribution in [2.45, 2.75) is 88.8 Å². The molecular weight excluding hydrogens is 362 g/mol. The molecule has 9 nitrogen and oxygen atoms in total. The third kappa shape index (κ3) is 3.38. The van der Waals surface area contributed by atoms with Crippen LogP contribution in [0.25, 0.3) is 0 Å². The van der Waals surface area contributed by atoms with Crippen LogP contribution in [0.4, 0.5) is 5.82 Å². The highest BCUT2D eigenvalue weighted by Gasteiger charge is 2.49. The highest BCUT2D eigenvalue weighted by Crippen LogP contribution is 2.36. The molecule has 2 fully saturated rings. The second-order valence-electron chi connectivity index (χ2n) is 8.35. The van der Waals surface area contributed by atoms with Crippen LogP contribution >= 0.6 is 0 Å². The van der Waals surface area contributed by atoms with Gasteiger partial charge in [-0.05, 0) is 55.8 Å². The number of hydrogen-bond donors (Lipinski definition) is 2. The fraction of sp³-hybridized carbons (Fsp3) is 0.737. The number of carbonyl (C=O) groups excluding carboxylic acids is 3. The second-order valence-corrected chi connectivity index (χ2v) is 8.35. The van der Waals surface area contributed by atoms with Gasteiger partial charge in [0.15, 0.2) is 0 Å². The van der Waals surface area contributed by atoms with Crippen molar-refractivity contribution in [2.75, 3.05) is 5.32 Å². The van der Waals surface area contributed by atoms with Gasteiger partial charge in [0.2, 0.25) is 23.3 Å². The summed E-state index contributed by atoms with van der Waals surface area (Å²) >= 11 is 0. The van der Waals surface area contributed by atoms with Gasteiger partial charge in [-0.2, -0.15) is 0 Å². The fourth-order valence-electron chi connectivity index (χ4n) is 4.45. The molecule has 1 aromatic rings. The van der Waals surface area contributed by atoms with Gasteiger partial charge in [-0.25, -0.2) is 4.63 Å². The average Bonchev–Trinajstić information content (AvgIpc) is 3.11. The van der Waals surface area contributed by atoms with E-state index in [1.807, 2.05) is 0 Å². The number of carbonyl (C=O) groups is 3. The average molecular weight is 389 g/mol. The summed E-state index contributed by atoms with van der Waals surface area (Å²) in [5.74, 6) is -0.884. The molecule has 3 aliphatic rings. The van der Waals surface area contributed by atoms with E-state index in [2.05, 4.69) is 20.9 Å². The molecule has 2 saturated carbocycles. The zero-order valence-corrected chi connectivity index (χ0v) is 16.2. The largest absolute Gasteiger partial charge is 0.351 e. The lowest BCUT2D eigenvalue weighted by Gasteiger charge is -2.48. The van der Waals surface area contributed by atoms with Gasteiger partial charge >= 0.3 is 0 Å². The Kier molecular flexibility index (Phi) is 5.07. The lowest BCUT2D eigenvalue weighted by molar-refractivity contribution is -0.135. The number of anilines is 1.